The highest BCUT2D eigenvalue weighted by molar-refractivity contribution is 5.39. The maximum Gasteiger partial charge on any atom is 0.290 e. The van der Waals surface area contributed by atoms with Crippen LogP contribution in [-0.2, 0) is 10.2 Å². The minimum absolute atomic E-state index is 0.250. The van der Waals surface area contributed by atoms with Crippen LogP contribution in [-0.4, -0.2) is 18.2 Å². The summed E-state index contributed by atoms with van der Waals surface area (Å²) >= 11 is 0. The molecule has 1 rings (SSSR count). The number of rotatable bonds is 9. The van der Waals surface area contributed by atoms with Crippen molar-refractivity contribution in [2.75, 3.05) is 6.61 Å². The molecule has 0 aliphatic carbocycles. The lowest BCUT2D eigenvalue weighted by Gasteiger charge is -2.28. The van der Waals surface area contributed by atoms with E-state index in [1.165, 1.54) is 43.2 Å². The molecule has 0 spiro atoms. The SMILES string of the molecule is C=C.CCCCCCOc1ccc(C(C)(CC)CC)cc1C.O=CO. The summed E-state index contributed by atoms with van der Waals surface area (Å²) in [4.78, 5) is 8.36. The molecule has 25 heavy (non-hydrogen) atoms. The highest BCUT2D eigenvalue weighted by Crippen LogP contribution is 2.33. The van der Waals surface area contributed by atoms with Crippen molar-refractivity contribution in [3.8, 4) is 5.75 Å². The van der Waals surface area contributed by atoms with Gasteiger partial charge in [0.2, 0.25) is 0 Å². The van der Waals surface area contributed by atoms with Gasteiger partial charge in [-0.3, -0.25) is 4.79 Å². The fraction of sp³-hybridized carbons (Fsp3) is 0.591. The third-order valence-corrected chi connectivity index (χ3v) is 4.69. The summed E-state index contributed by atoms with van der Waals surface area (Å²) in [5.74, 6) is 1.06. The first-order valence-electron chi connectivity index (χ1n) is 9.30. The zero-order valence-electron chi connectivity index (χ0n) is 16.9. The lowest BCUT2D eigenvalue weighted by molar-refractivity contribution is -0.122. The smallest absolute Gasteiger partial charge is 0.290 e. The topological polar surface area (TPSA) is 46.5 Å². The largest absolute Gasteiger partial charge is 0.493 e. The number of benzene rings is 1. The van der Waals surface area contributed by atoms with E-state index in [2.05, 4.69) is 66.0 Å². The van der Waals surface area contributed by atoms with Crippen LogP contribution in [0.15, 0.2) is 31.4 Å². The first kappa shape index (κ1) is 25.5. The van der Waals surface area contributed by atoms with Gasteiger partial charge in [-0.1, -0.05) is 59.1 Å². The average molecular weight is 351 g/mol. The van der Waals surface area contributed by atoms with Crippen molar-refractivity contribution >= 4 is 6.47 Å². The fourth-order valence-electron chi connectivity index (χ4n) is 2.56. The van der Waals surface area contributed by atoms with Gasteiger partial charge in [0, 0.05) is 0 Å². The zero-order valence-corrected chi connectivity index (χ0v) is 16.9. The molecule has 0 heterocycles. The average Bonchev–Trinajstić information content (AvgIpc) is 2.64. The fourth-order valence-corrected chi connectivity index (χ4v) is 2.56. The molecule has 0 saturated carbocycles. The molecule has 144 valence electrons. The van der Waals surface area contributed by atoms with E-state index >= 15 is 0 Å². The summed E-state index contributed by atoms with van der Waals surface area (Å²) in [5, 5.41) is 6.89. The molecular formula is C22H38O3. The predicted octanol–water partition coefficient (Wildman–Crippen LogP) is 6.53. The van der Waals surface area contributed by atoms with E-state index in [0.29, 0.717) is 5.41 Å². The highest BCUT2D eigenvalue weighted by atomic mass is 16.5. The number of hydrogen-bond acceptors (Lipinski definition) is 2. The van der Waals surface area contributed by atoms with E-state index < -0.39 is 0 Å². The van der Waals surface area contributed by atoms with Gasteiger partial charge in [-0.2, -0.15) is 0 Å². The Kier molecular flexibility index (Phi) is 16.0. The van der Waals surface area contributed by atoms with Gasteiger partial charge in [0.15, 0.2) is 0 Å². The number of carboxylic acid groups (broad SMARTS) is 1. The van der Waals surface area contributed by atoms with Gasteiger partial charge in [-0.05, 0) is 48.8 Å². The number of aryl methyl sites for hydroxylation is 1. The molecule has 0 bridgehead atoms. The number of unbranched alkanes of at least 4 members (excludes halogenated alkanes) is 3. The van der Waals surface area contributed by atoms with Gasteiger partial charge in [0.25, 0.3) is 6.47 Å². The van der Waals surface area contributed by atoms with Crippen molar-refractivity contribution in [2.24, 2.45) is 0 Å². The Balaban J connectivity index is 0. The number of ether oxygens (including phenoxy) is 1. The van der Waals surface area contributed by atoms with Crippen molar-refractivity contribution in [2.45, 2.75) is 78.6 Å². The van der Waals surface area contributed by atoms with E-state index in [1.54, 1.807) is 0 Å². The molecule has 3 heteroatoms. The van der Waals surface area contributed by atoms with Gasteiger partial charge in [0.05, 0.1) is 6.61 Å². The van der Waals surface area contributed by atoms with E-state index in [9.17, 15) is 0 Å². The van der Waals surface area contributed by atoms with Crippen LogP contribution in [0.2, 0.25) is 0 Å². The Bertz CT molecular complexity index is 451. The highest BCUT2D eigenvalue weighted by Gasteiger charge is 2.22. The molecule has 0 saturated heterocycles. The molecule has 0 aliphatic rings. The Morgan fingerprint density at radius 3 is 2.12 bits per heavy atom. The van der Waals surface area contributed by atoms with Gasteiger partial charge < -0.3 is 9.84 Å². The Labute approximate surface area is 155 Å². The van der Waals surface area contributed by atoms with Gasteiger partial charge >= 0.3 is 0 Å². The predicted molar refractivity (Wildman–Crippen MR) is 109 cm³/mol. The minimum Gasteiger partial charge on any atom is -0.493 e. The van der Waals surface area contributed by atoms with Crippen LogP contribution in [0, 0.1) is 6.92 Å². The van der Waals surface area contributed by atoms with Crippen molar-refractivity contribution in [1.29, 1.82) is 0 Å². The van der Waals surface area contributed by atoms with Crippen molar-refractivity contribution < 1.29 is 14.6 Å². The third-order valence-electron chi connectivity index (χ3n) is 4.69. The van der Waals surface area contributed by atoms with E-state index in [1.807, 2.05) is 0 Å². The molecule has 1 aromatic carbocycles. The monoisotopic (exact) mass is 350 g/mol. The van der Waals surface area contributed by atoms with Crippen molar-refractivity contribution in [3.63, 3.8) is 0 Å². The molecule has 1 N–H and O–H groups in total. The van der Waals surface area contributed by atoms with Gasteiger partial charge in [-0.15, -0.1) is 13.2 Å². The first-order valence-corrected chi connectivity index (χ1v) is 9.30. The second kappa shape index (κ2) is 15.7. The maximum atomic E-state index is 8.36. The molecule has 0 atom stereocenters. The van der Waals surface area contributed by atoms with Gasteiger partial charge in [0.1, 0.15) is 5.75 Å². The standard InChI is InChI=1S/C19H32O.C2H4.CH2O2/c1-6-9-10-11-14-20-18-13-12-17(15-16(18)4)19(5,7-2)8-3;1-2;2-1-3/h12-13,15H,6-11,14H2,1-5H3;1-2H2;1H,(H,2,3). The Morgan fingerprint density at radius 2 is 1.68 bits per heavy atom. The maximum absolute atomic E-state index is 8.36. The summed E-state index contributed by atoms with van der Waals surface area (Å²) in [6, 6.07) is 6.73. The zero-order chi connectivity index (χ0) is 19.7. The lowest BCUT2D eigenvalue weighted by atomic mass is 9.77. The molecular weight excluding hydrogens is 312 g/mol. The Hall–Kier alpha value is -1.77. The van der Waals surface area contributed by atoms with E-state index in [-0.39, 0.29) is 6.47 Å². The quantitative estimate of drug-likeness (QED) is 0.313. The molecule has 0 aliphatic heterocycles. The van der Waals surface area contributed by atoms with Crippen LogP contribution in [0.4, 0.5) is 0 Å². The third kappa shape index (κ3) is 9.96. The Morgan fingerprint density at radius 1 is 1.12 bits per heavy atom. The summed E-state index contributed by atoms with van der Waals surface area (Å²) < 4.78 is 5.92. The van der Waals surface area contributed by atoms with E-state index in [4.69, 9.17) is 14.6 Å². The molecule has 0 amide bonds. The van der Waals surface area contributed by atoms with Crippen LogP contribution in [0.3, 0.4) is 0 Å². The molecule has 0 fully saturated rings. The van der Waals surface area contributed by atoms with E-state index in [0.717, 1.165) is 18.8 Å². The lowest BCUT2D eigenvalue weighted by Crippen LogP contribution is -2.19. The minimum atomic E-state index is -0.250. The molecule has 3 nitrogen and oxygen atoms in total. The van der Waals surface area contributed by atoms with Crippen molar-refractivity contribution in [3.05, 3.63) is 42.5 Å². The normalized spacial score (nSPS) is 9.96. The van der Waals surface area contributed by atoms with Crippen LogP contribution in [0.25, 0.3) is 0 Å². The second-order valence-electron chi connectivity index (χ2n) is 6.26. The number of carbonyl (C=O) groups is 1. The summed E-state index contributed by atoms with van der Waals surface area (Å²) in [5.41, 5.74) is 3.01. The molecule has 0 unspecified atom stereocenters. The van der Waals surface area contributed by atoms with Gasteiger partial charge in [-0.25, -0.2) is 0 Å². The summed E-state index contributed by atoms with van der Waals surface area (Å²) in [7, 11) is 0. The number of hydrogen-bond donors (Lipinski definition) is 1. The summed E-state index contributed by atoms with van der Waals surface area (Å²) in [6.07, 6.45) is 7.39. The van der Waals surface area contributed by atoms with Crippen LogP contribution >= 0.6 is 0 Å². The van der Waals surface area contributed by atoms with Crippen molar-refractivity contribution in [1.82, 2.24) is 0 Å². The molecule has 0 aromatic heterocycles. The first-order chi connectivity index (χ1) is 12.0. The molecule has 1 aromatic rings. The summed E-state index contributed by atoms with van der Waals surface area (Å²) in [6.45, 7) is 17.9. The van der Waals surface area contributed by atoms with Crippen LogP contribution in [0.5, 0.6) is 5.75 Å². The molecule has 0 radical (unpaired) electrons. The van der Waals surface area contributed by atoms with Crippen LogP contribution < -0.4 is 4.74 Å². The van der Waals surface area contributed by atoms with Crippen LogP contribution in [0.1, 0.15) is 77.3 Å². The second-order valence-corrected chi connectivity index (χ2v) is 6.26.